The minimum absolute atomic E-state index is 0.0268. The van der Waals surface area contributed by atoms with Crippen molar-refractivity contribution in [2.24, 2.45) is 0 Å². The van der Waals surface area contributed by atoms with Gasteiger partial charge < -0.3 is 15.7 Å². The summed E-state index contributed by atoms with van der Waals surface area (Å²) in [5.41, 5.74) is 1.72. The number of carbonyl (C=O) groups excluding carboxylic acids is 1. The second-order valence-corrected chi connectivity index (χ2v) is 5.73. The van der Waals surface area contributed by atoms with E-state index in [0.717, 1.165) is 29.5 Å². The summed E-state index contributed by atoms with van der Waals surface area (Å²) >= 11 is 2.12. The first-order valence-corrected chi connectivity index (χ1v) is 7.40. The molecule has 0 spiro atoms. The zero-order valence-electron chi connectivity index (χ0n) is 10.6. The van der Waals surface area contributed by atoms with Crippen molar-refractivity contribution in [3.63, 3.8) is 0 Å². The van der Waals surface area contributed by atoms with Crippen LogP contribution >= 0.6 is 22.6 Å². The van der Waals surface area contributed by atoms with Gasteiger partial charge in [0, 0.05) is 16.7 Å². The van der Waals surface area contributed by atoms with Gasteiger partial charge in [-0.3, -0.25) is 4.79 Å². The molecule has 0 aliphatic carbocycles. The summed E-state index contributed by atoms with van der Waals surface area (Å²) in [5, 5.41) is 15.8. The van der Waals surface area contributed by atoms with Gasteiger partial charge in [0.1, 0.15) is 5.75 Å². The Balaban J connectivity index is 1.87. The van der Waals surface area contributed by atoms with Gasteiger partial charge in [-0.15, -0.1) is 0 Å². The molecule has 1 aromatic rings. The van der Waals surface area contributed by atoms with Crippen molar-refractivity contribution in [3.8, 4) is 5.75 Å². The van der Waals surface area contributed by atoms with E-state index < -0.39 is 0 Å². The fourth-order valence-corrected chi connectivity index (χ4v) is 2.51. The summed E-state index contributed by atoms with van der Waals surface area (Å²) in [7, 11) is 0. The van der Waals surface area contributed by atoms with Crippen molar-refractivity contribution >= 4 is 28.5 Å². The average Bonchev–Trinajstić information content (AvgIpc) is 2.42. The first kappa shape index (κ1) is 14.3. The monoisotopic (exact) mass is 372 g/mol. The Morgan fingerprint density at radius 1 is 1.47 bits per heavy atom. The Morgan fingerprint density at radius 2 is 2.32 bits per heavy atom. The van der Waals surface area contributed by atoms with E-state index in [9.17, 15) is 9.90 Å². The summed E-state index contributed by atoms with van der Waals surface area (Å²) < 4.78 is 0.932. The van der Waals surface area contributed by atoms with Crippen LogP contribution in [0.4, 0.5) is 0 Å². The Labute approximate surface area is 126 Å². The van der Waals surface area contributed by atoms with Gasteiger partial charge in [0.25, 0.3) is 5.91 Å². The summed E-state index contributed by atoms with van der Waals surface area (Å²) in [5.74, 6) is -0.190. The molecule has 0 atom stereocenters. The largest absolute Gasteiger partial charge is 0.507 e. The molecular formula is C14H17IN2O2. The van der Waals surface area contributed by atoms with E-state index >= 15 is 0 Å². The van der Waals surface area contributed by atoms with Crippen molar-refractivity contribution in [1.82, 2.24) is 10.6 Å². The highest BCUT2D eigenvalue weighted by Gasteiger charge is 2.11. The molecule has 1 amide bonds. The second-order valence-electron chi connectivity index (χ2n) is 4.48. The van der Waals surface area contributed by atoms with Crippen molar-refractivity contribution in [2.75, 3.05) is 19.6 Å². The molecule has 4 nitrogen and oxygen atoms in total. The summed E-state index contributed by atoms with van der Waals surface area (Å²) in [6, 6.07) is 5.01. The van der Waals surface area contributed by atoms with Crippen LogP contribution in [-0.2, 0) is 0 Å². The van der Waals surface area contributed by atoms with Gasteiger partial charge in [-0.05, 0) is 60.2 Å². The van der Waals surface area contributed by atoms with E-state index in [1.54, 1.807) is 18.2 Å². The van der Waals surface area contributed by atoms with Crippen LogP contribution in [0, 0.1) is 3.57 Å². The van der Waals surface area contributed by atoms with E-state index in [4.69, 9.17) is 0 Å². The molecule has 0 radical (unpaired) electrons. The van der Waals surface area contributed by atoms with Gasteiger partial charge in [-0.1, -0.05) is 11.6 Å². The number of rotatable bonds is 4. The molecule has 0 unspecified atom stereocenters. The lowest BCUT2D eigenvalue weighted by Gasteiger charge is -2.14. The van der Waals surface area contributed by atoms with Crippen LogP contribution in [0.1, 0.15) is 23.2 Å². The van der Waals surface area contributed by atoms with Crippen LogP contribution in [0.2, 0.25) is 0 Å². The Morgan fingerprint density at radius 3 is 3.05 bits per heavy atom. The number of hydrogen-bond acceptors (Lipinski definition) is 3. The van der Waals surface area contributed by atoms with Crippen LogP contribution in [0.25, 0.3) is 0 Å². The average molecular weight is 372 g/mol. The number of benzene rings is 1. The summed E-state index contributed by atoms with van der Waals surface area (Å²) in [4.78, 5) is 12.0. The molecule has 0 saturated carbocycles. The molecule has 1 aliphatic heterocycles. The third-order valence-electron chi connectivity index (χ3n) is 3.09. The molecule has 0 saturated heterocycles. The number of hydrogen-bond donors (Lipinski definition) is 3. The van der Waals surface area contributed by atoms with Crippen LogP contribution in [0.5, 0.6) is 5.75 Å². The number of phenolic OH excluding ortho intramolecular Hbond substituents is 1. The first-order chi connectivity index (χ1) is 9.16. The number of carbonyl (C=O) groups is 1. The molecule has 1 aromatic carbocycles. The van der Waals surface area contributed by atoms with Gasteiger partial charge >= 0.3 is 0 Å². The molecule has 0 aromatic heterocycles. The molecule has 102 valence electrons. The van der Waals surface area contributed by atoms with Crippen molar-refractivity contribution in [2.45, 2.75) is 12.8 Å². The molecule has 0 bridgehead atoms. The SMILES string of the molecule is O=C(NCCC1=CCNCC1)c1cc(I)ccc1O. The predicted molar refractivity (Wildman–Crippen MR) is 83.3 cm³/mol. The van der Waals surface area contributed by atoms with Gasteiger partial charge in [-0.2, -0.15) is 0 Å². The fourth-order valence-electron chi connectivity index (χ4n) is 2.02. The third kappa shape index (κ3) is 4.21. The van der Waals surface area contributed by atoms with Crippen LogP contribution < -0.4 is 10.6 Å². The molecular weight excluding hydrogens is 355 g/mol. The highest BCUT2D eigenvalue weighted by atomic mass is 127. The van der Waals surface area contributed by atoms with Crippen molar-refractivity contribution in [3.05, 3.63) is 39.0 Å². The number of halogens is 1. The van der Waals surface area contributed by atoms with Gasteiger partial charge in [0.15, 0.2) is 0 Å². The van der Waals surface area contributed by atoms with E-state index in [2.05, 4.69) is 39.3 Å². The molecule has 0 fully saturated rings. The summed E-state index contributed by atoms with van der Waals surface area (Å²) in [6.07, 6.45) is 4.10. The van der Waals surface area contributed by atoms with Gasteiger partial charge in [0.2, 0.25) is 0 Å². The molecule has 1 heterocycles. The topological polar surface area (TPSA) is 61.4 Å². The molecule has 3 N–H and O–H groups in total. The highest BCUT2D eigenvalue weighted by molar-refractivity contribution is 14.1. The zero-order valence-corrected chi connectivity index (χ0v) is 12.7. The zero-order chi connectivity index (χ0) is 13.7. The molecule has 19 heavy (non-hydrogen) atoms. The molecule has 5 heteroatoms. The Hall–Kier alpha value is -1.08. The normalized spacial score (nSPS) is 14.9. The lowest BCUT2D eigenvalue weighted by Crippen LogP contribution is -2.26. The number of aromatic hydroxyl groups is 1. The lowest BCUT2D eigenvalue weighted by atomic mass is 10.1. The number of phenols is 1. The predicted octanol–water partition coefficient (Wildman–Crippen LogP) is 2.04. The maximum Gasteiger partial charge on any atom is 0.255 e. The second kappa shape index (κ2) is 6.91. The minimum atomic E-state index is -0.217. The maximum absolute atomic E-state index is 12.0. The van der Waals surface area contributed by atoms with E-state index in [-0.39, 0.29) is 11.7 Å². The fraction of sp³-hybridized carbons (Fsp3) is 0.357. The van der Waals surface area contributed by atoms with E-state index in [0.29, 0.717) is 12.1 Å². The Bertz CT molecular complexity index is 500. The maximum atomic E-state index is 12.0. The Kier molecular flexibility index (Phi) is 5.21. The minimum Gasteiger partial charge on any atom is -0.507 e. The quantitative estimate of drug-likeness (QED) is 0.560. The summed E-state index contributed by atoms with van der Waals surface area (Å²) in [6.45, 7) is 2.54. The van der Waals surface area contributed by atoms with Crippen molar-refractivity contribution in [1.29, 1.82) is 0 Å². The standard InChI is InChI=1S/C14H17IN2O2/c15-11-1-2-13(18)12(9-11)14(19)17-8-5-10-3-6-16-7-4-10/h1-3,9,16,18H,4-8H2,(H,17,19). The van der Waals surface area contributed by atoms with Crippen LogP contribution in [0.3, 0.4) is 0 Å². The van der Waals surface area contributed by atoms with Gasteiger partial charge in [-0.25, -0.2) is 0 Å². The smallest absolute Gasteiger partial charge is 0.255 e. The van der Waals surface area contributed by atoms with E-state index in [1.807, 2.05) is 0 Å². The van der Waals surface area contributed by atoms with Crippen molar-refractivity contribution < 1.29 is 9.90 Å². The first-order valence-electron chi connectivity index (χ1n) is 6.32. The highest BCUT2D eigenvalue weighted by Crippen LogP contribution is 2.19. The van der Waals surface area contributed by atoms with Crippen LogP contribution in [0.15, 0.2) is 29.8 Å². The van der Waals surface area contributed by atoms with Gasteiger partial charge in [0.05, 0.1) is 5.56 Å². The molecule has 1 aliphatic rings. The van der Waals surface area contributed by atoms with E-state index in [1.165, 1.54) is 5.57 Å². The number of nitrogens with one attached hydrogen (secondary N) is 2. The number of amides is 1. The lowest BCUT2D eigenvalue weighted by molar-refractivity contribution is 0.0951. The van der Waals surface area contributed by atoms with Crippen LogP contribution in [-0.4, -0.2) is 30.6 Å². The third-order valence-corrected chi connectivity index (χ3v) is 3.76. The molecule has 2 rings (SSSR count).